The van der Waals surface area contributed by atoms with Gasteiger partial charge >= 0.3 is 0 Å². The molecule has 0 N–H and O–H groups in total. The average Bonchev–Trinajstić information content (AvgIpc) is 2.17. The van der Waals surface area contributed by atoms with Crippen LogP contribution < -0.4 is 0 Å². The third kappa shape index (κ3) is 1.88. The van der Waals surface area contributed by atoms with Crippen molar-refractivity contribution in [2.45, 2.75) is 6.92 Å². The topological polar surface area (TPSA) is 90.6 Å². The molecule has 0 aliphatic rings. The van der Waals surface area contributed by atoms with E-state index >= 15 is 0 Å². The first-order chi connectivity index (χ1) is 6.97. The molecule has 15 heavy (non-hydrogen) atoms. The minimum absolute atomic E-state index is 0.0732. The number of nitro groups is 2. The van der Waals surface area contributed by atoms with E-state index in [1.165, 1.54) is 6.92 Å². The highest BCUT2D eigenvalue weighted by Gasteiger charge is 2.20. The summed E-state index contributed by atoms with van der Waals surface area (Å²) in [5, 5.41) is 21.0. The first kappa shape index (κ1) is 10.6. The molecule has 0 radical (unpaired) electrons. The van der Waals surface area contributed by atoms with Gasteiger partial charge in [-0.2, -0.15) is 0 Å². The van der Waals surface area contributed by atoms with E-state index in [9.17, 15) is 20.2 Å². The predicted octanol–water partition coefficient (Wildman–Crippen LogP) is 2.36. The van der Waals surface area contributed by atoms with Crippen molar-refractivity contribution in [2.24, 2.45) is 0 Å². The summed E-state index contributed by atoms with van der Waals surface area (Å²) < 4.78 is 0. The summed E-state index contributed by atoms with van der Waals surface area (Å²) in [6.45, 7) is 8.12. The summed E-state index contributed by atoms with van der Waals surface area (Å²) >= 11 is 0. The molecule has 0 fully saturated rings. The number of non-ortho nitro benzene ring substituents is 1. The number of nitrogens with zero attached hydrogens (tertiary/aromatic N) is 3. The molecule has 1 aromatic carbocycles. The van der Waals surface area contributed by atoms with Crippen LogP contribution in [0.15, 0.2) is 12.1 Å². The highest BCUT2D eigenvalue weighted by molar-refractivity contribution is 5.66. The molecule has 7 nitrogen and oxygen atoms in total. The maximum absolute atomic E-state index is 10.5. The molecule has 0 heterocycles. The maximum atomic E-state index is 10.5. The van der Waals surface area contributed by atoms with Crippen molar-refractivity contribution in [3.63, 3.8) is 0 Å². The Morgan fingerprint density at radius 2 is 1.87 bits per heavy atom. The second-order valence-corrected chi connectivity index (χ2v) is 2.74. The lowest BCUT2D eigenvalue weighted by molar-refractivity contribution is -0.394. The van der Waals surface area contributed by atoms with Gasteiger partial charge in [-0.15, -0.1) is 0 Å². The molecule has 0 bridgehead atoms. The van der Waals surface area contributed by atoms with E-state index in [2.05, 4.69) is 4.85 Å². The summed E-state index contributed by atoms with van der Waals surface area (Å²) in [4.78, 5) is 22.5. The lowest BCUT2D eigenvalue weighted by atomic mass is 10.1. The Morgan fingerprint density at radius 1 is 1.27 bits per heavy atom. The predicted molar refractivity (Wildman–Crippen MR) is 50.7 cm³/mol. The minimum atomic E-state index is -0.763. The van der Waals surface area contributed by atoms with Gasteiger partial charge in [0.15, 0.2) is 0 Å². The van der Waals surface area contributed by atoms with Crippen LogP contribution >= 0.6 is 0 Å². The molecule has 0 aromatic heterocycles. The van der Waals surface area contributed by atoms with Gasteiger partial charge in [0, 0.05) is 11.6 Å². The Labute approximate surface area is 84.1 Å². The molecular weight excluding hydrogens is 202 g/mol. The summed E-state index contributed by atoms with van der Waals surface area (Å²) in [6.07, 6.45) is 0. The van der Waals surface area contributed by atoms with Crippen LogP contribution in [-0.2, 0) is 0 Å². The number of rotatable bonds is 2. The van der Waals surface area contributed by atoms with Crippen molar-refractivity contribution in [3.05, 3.63) is 49.3 Å². The highest BCUT2D eigenvalue weighted by Crippen LogP contribution is 2.32. The zero-order valence-corrected chi connectivity index (χ0v) is 7.63. The van der Waals surface area contributed by atoms with Gasteiger partial charge < -0.3 is 0 Å². The Morgan fingerprint density at radius 3 is 2.27 bits per heavy atom. The van der Waals surface area contributed by atoms with Crippen LogP contribution in [-0.4, -0.2) is 9.85 Å². The fraction of sp³-hybridized carbons (Fsp3) is 0.125. The minimum Gasteiger partial charge on any atom is -0.258 e. The van der Waals surface area contributed by atoms with Gasteiger partial charge in [-0.25, -0.2) is 4.85 Å². The van der Waals surface area contributed by atoms with Gasteiger partial charge in [-0.3, -0.25) is 20.2 Å². The molecule has 7 heteroatoms. The normalized spacial score (nSPS) is 9.33. The van der Waals surface area contributed by atoms with Crippen molar-refractivity contribution in [1.82, 2.24) is 0 Å². The van der Waals surface area contributed by atoms with E-state index in [1.54, 1.807) is 0 Å². The van der Waals surface area contributed by atoms with Crippen molar-refractivity contribution in [2.75, 3.05) is 0 Å². The van der Waals surface area contributed by atoms with E-state index in [4.69, 9.17) is 6.57 Å². The standard InChI is InChI=1S/C8H5N3O4/c1-5-7(9-2)3-6(10(12)13)4-8(5)11(14)15/h3-4H,1H3. The van der Waals surface area contributed by atoms with Crippen molar-refractivity contribution in [3.8, 4) is 0 Å². The Hall–Kier alpha value is -2.49. The van der Waals surface area contributed by atoms with E-state index in [-0.39, 0.29) is 11.3 Å². The van der Waals surface area contributed by atoms with Crippen molar-refractivity contribution < 1.29 is 9.85 Å². The summed E-state index contributed by atoms with van der Waals surface area (Å²) in [5.41, 5.74) is -0.787. The van der Waals surface area contributed by atoms with Crippen LogP contribution in [0.3, 0.4) is 0 Å². The summed E-state index contributed by atoms with van der Waals surface area (Å²) in [5.74, 6) is 0. The van der Waals surface area contributed by atoms with Crippen LogP contribution in [0, 0.1) is 33.7 Å². The third-order valence-corrected chi connectivity index (χ3v) is 1.87. The van der Waals surface area contributed by atoms with Crippen LogP contribution in [0.2, 0.25) is 0 Å². The fourth-order valence-corrected chi connectivity index (χ4v) is 1.08. The van der Waals surface area contributed by atoms with Crippen molar-refractivity contribution >= 4 is 17.1 Å². The molecule has 0 saturated carbocycles. The molecule has 0 atom stereocenters. The number of hydrogen-bond donors (Lipinski definition) is 0. The van der Waals surface area contributed by atoms with Crippen molar-refractivity contribution in [1.29, 1.82) is 0 Å². The van der Waals surface area contributed by atoms with Crippen LogP contribution in [0.5, 0.6) is 0 Å². The van der Waals surface area contributed by atoms with E-state index < -0.39 is 21.2 Å². The second kappa shape index (κ2) is 3.71. The van der Waals surface area contributed by atoms with Crippen LogP contribution in [0.1, 0.15) is 5.56 Å². The highest BCUT2D eigenvalue weighted by atomic mass is 16.6. The molecule has 0 spiro atoms. The zero-order chi connectivity index (χ0) is 11.6. The molecule has 0 unspecified atom stereocenters. The van der Waals surface area contributed by atoms with Gasteiger partial charge in [0.2, 0.25) is 5.69 Å². The van der Waals surface area contributed by atoms with Gasteiger partial charge in [0.05, 0.1) is 22.5 Å². The first-order valence-electron chi connectivity index (χ1n) is 3.78. The fourth-order valence-electron chi connectivity index (χ4n) is 1.08. The first-order valence-corrected chi connectivity index (χ1v) is 3.78. The lowest BCUT2D eigenvalue weighted by Gasteiger charge is -1.99. The van der Waals surface area contributed by atoms with Gasteiger partial charge in [-0.1, -0.05) is 0 Å². The van der Waals surface area contributed by atoms with Gasteiger partial charge in [0.1, 0.15) is 0 Å². The Balaban J connectivity index is 3.54. The molecule has 0 aliphatic heterocycles. The lowest BCUT2D eigenvalue weighted by Crippen LogP contribution is -1.95. The maximum Gasteiger partial charge on any atom is 0.269 e. The van der Waals surface area contributed by atoms with Gasteiger partial charge in [-0.05, 0) is 6.92 Å². The molecule has 0 saturated heterocycles. The molecule has 1 rings (SSSR count). The largest absolute Gasteiger partial charge is 0.269 e. The molecule has 1 aromatic rings. The SMILES string of the molecule is [C-]#[N+]c1cc([N+](=O)[O-])cc([N+](=O)[O-])c1C. The number of hydrogen-bond acceptors (Lipinski definition) is 4. The average molecular weight is 207 g/mol. The Kier molecular flexibility index (Phi) is 2.62. The second-order valence-electron chi connectivity index (χ2n) is 2.74. The summed E-state index contributed by atoms with van der Waals surface area (Å²) in [6, 6.07) is 1.87. The monoisotopic (exact) mass is 207 g/mol. The third-order valence-electron chi connectivity index (χ3n) is 1.87. The molecular formula is C8H5N3O4. The Bertz CT molecular complexity index is 489. The van der Waals surface area contributed by atoms with Crippen LogP contribution in [0.4, 0.5) is 17.1 Å². The van der Waals surface area contributed by atoms with E-state index in [0.717, 1.165) is 12.1 Å². The summed E-state index contributed by atoms with van der Waals surface area (Å²) in [7, 11) is 0. The van der Waals surface area contributed by atoms with E-state index in [1.807, 2.05) is 0 Å². The smallest absolute Gasteiger partial charge is 0.258 e. The molecule has 76 valence electrons. The van der Waals surface area contributed by atoms with E-state index in [0.29, 0.717) is 0 Å². The van der Waals surface area contributed by atoms with Crippen LogP contribution in [0.25, 0.3) is 4.85 Å². The quantitative estimate of drug-likeness (QED) is 0.422. The zero-order valence-electron chi connectivity index (χ0n) is 7.63. The molecule has 0 amide bonds. The van der Waals surface area contributed by atoms with Gasteiger partial charge in [0.25, 0.3) is 11.4 Å². The molecule has 0 aliphatic carbocycles. The number of benzene rings is 1. The number of nitro benzene ring substituents is 2.